The highest BCUT2D eigenvalue weighted by atomic mass is 35.5. The predicted molar refractivity (Wildman–Crippen MR) is 75.9 cm³/mol. The van der Waals surface area contributed by atoms with Gasteiger partial charge in [-0.1, -0.05) is 36.9 Å². The van der Waals surface area contributed by atoms with Crippen LogP contribution in [0.2, 0.25) is 5.02 Å². The molecule has 0 heterocycles. The van der Waals surface area contributed by atoms with Gasteiger partial charge in [-0.3, -0.25) is 0 Å². The molecule has 1 aliphatic carbocycles. The van der Waals surface area contributed by atoms with Crippen LogP contribution in [0.1, 0.15) is 37.7 Å². The molecular weight excluding hydrogens is 265 g/mol. The first-order valence-electron chi connectivity index (χ1n) is 7.02. The predicted octanol–water partition coefficient (Wildman–Crippen LogP) is 3.92. The Morgan fingerprint density at radius 1 is 1.26 bits per heavy atom. The van der Waals surface area contributed by atoms with Gasteiger partial charge in [0.25, 0.3) is 0 Å². The Hall–Kier alpha value is -0.640. The fourth-order valence-electron chi connectivity index (χ4n) is 2.41. The number of hydrogen-bond acceptors (Lipinski definition) is 2. The van der Waals surface area contributed by atoms with Crippen molar-refractivity contribution in [3.8, 4) is 0 Å². The van der Waals surface area contributed by atoms with Crippen molar-refractivity contribution < 1.29 is 9.13 Å². The van der Waals surface area contributed by atoms with E-state index in [1.807, 2.05) is 6.07 Å². The van der Waals surface area contributed by atoms with Gasteiger partial charge in [-0.2, -0.15) is 0 Å². The molecule has 0 radical (unpaired) electrons. The van der Waals surface area contributed by atoms with E-state index in [9.17, 15) is 4.39 Å². The van der Waals surface area contributed by atoms with Gasteiger partial charge in [-0.05, 0) is 30.5 Å². The number of rotatable bonds is 6. The third kappa shape index (κ3) is 5.09. The average Bonchev–Trinajstić information content (AvgIpc) is 2.43. The molecule has 1 fully saturated rings. The molecule has 0 bridgehead atoms. The molecule has 0 unspecified atom stereocenters. The van der Waals surface area contributed by atoms with Crippen LogP contribution in [0.3, 0.4) is 0 Å². The van der Waals surface area contributed by atoms with Gasteiger partial charge in [-0.15, -0.1) is 0 Å². The van der Waals surface area contributed by atoms with Crippen LogP contribution in [0.15, 0.2) is 18.2 Å². The molecule has 0 saturated heterocycles. The van der Waals surface area contributed by atoms with Crippen molar-refractivity contribution in [3.05, 3.63) is 34.6 Å². The first-order valence-corrected chi connectivity index (χ1v) is 7.40. The van der Waals surface area contributed by atoms with E-state index in [1.54, 1.807) is 6.07 Å². The van der Waals surface area contributed by atoms with E-state index in [4.69, 9.17) is 16.3 Å². The first-order chi connectivity index (χ1) is 9.25. The van der Waals surface area contributed by atoms with Crippen molar-refractivity contribution in [2.75, 3.05) is 13.2 Å². The molecule has 0 aliphatic heterocycles. The Balaban J connectivity index is 1.59. The molecule has 106 valence electrons. The lowest BCUT2D eigenvalue weighted by molar-refractivity contribution is 0.0302. The van der Waals surface area contributed by atoms with Gasteiger partial charge in [-0.25, -0.2) is 4.39 Å². The standard InChI is InChI=1S/C15H21ClFNO/c16-14-7-6-12(10-15(14)17)11-18-8-9-19-13-4-2-1-3-5-13/h6-7,10,13,18H,1-5,8-9,11H2. The van der Waals surface area contributed by atoms with E-state index in [0.29, 0.717) is 12.6 Å². The van der Waals surface area contributed by atoms with Crippen molar-refractivity contribution in [1.82, 2.24) is 5.32 Å². The highest BCUT2D eigenvalue weighted by molar-refractivity contribution is 6.30. The summed E-state index contributed by atoms with van der Waals surface area (Å²) in [5.74, 6) is -0.362. The molecule has 0 aromatic heterocycles. The van der Waals surface area contributed by atoms with Crippen molar-refractivity contribution >= 4 is 11.6 Å². The summed E-state index contributed by atoms with van der Waals surface area (Å²) in [6.07, 6.45) is 6.78. The third-order valence-electron chi connectivity index (χ3n) is 3.50. The smallest absolute Gasteiger partial charge is 0.142 e. The lowest BCUT2D eigenvalue weighted by atomic mass is 9.98. The molecular formula is C15H21ClFNO. The zero-order chi connectivity index (χ0) is 13.5. The van der Waals surface area contributed by atoms with Crippen LogP contribution in [-0.4, -0.2) is 19.3 Å². The maximum absolute atomic E-state index is 13.2. The van der Waals surface area contributed by atoms with Gasteiger partial charge in [0.05, 0.1) is 17.7 Å². The summed E-state index contributed by atoms with van der Waals surface area (Å²) in [7, 11) is 0. The summed E-state index contributed by atoms with van der Waals surface area (Å²) in [5, 5.41) is 3.42. The normalized spacial score (nSPS) is 16.7. The van der Waals surface area contributed by atoms with Crippen LogP contribution in [0.25, 0.3) is 0 Å². The molecule has 0 atom stereocenters. The highest BCUT2D eigenvalue weighted by Crippen LogP contribution is 2.20. The van der Waals surface area contributed by atoms with E-state index in [1.165, 1.54) is 38.2 Å². The van der Waals surface area contributed by atoms with Gasteiger partial charge >= 0.3 is 0 Å². The molecule has 1 aromatic carbocycles. The quantitative estimate of drug-likeness (QED) is 0.800. The van der Waals surface area contributed by atoms with Gasteiger partial charge in [0.2, 0.25) is 0 Å². The first kappa shape index (κ1) is 14.8. The minimum atomic E-state index is -0.362. The van der Waals surface area contributed by atoms with Gasteiger partial charge in [0, 0.05) is 13.1 Å². The summed E-state index contributed by atoms with van der Waals surface area (Å²) in [4.78, 5) is 0. The maximum atomic E-state index is 13.2. The summed E-state index contributed by atoms with van der Waals surface area (Å²) >= 11 is 5.64. The molecule has 0 spiro atoms. The Morgan fingerprint density at radius 3 is 2.79 bits per heavy atom. The lowest BCUT2D eigenvalue weighted by Gasteiger charge is -2.22. The topological polar surface area (TPSA) is 21.3 Å². The molecule has 1 aliphatic rings. The zero-order valence-corrected chi connectivity index (χ0v) is 11.9. The van der Waals surface area contributed by atoms with E-state index >= 15 is 0 Å². The molecule has 19 heavy (non-hydrogen) atoms. The van der Waals surface area contributed by atoms with Crippen LogP contribution < -0.4 is 5.32 Å². The zero-order valence-electron chi connectivity index (χ0n) is 11.1. The monoisotopic (exact) mass is 285 g/mol. The SMILES string of the molecule is Fc1cc(CNCCOC2CCCCC2)ccc1Cl. The third-order valence-corrected chi connectivity index (χ3v) is 3.80. The minimum absolute atomic E-state index is 0.171. The Morgan fingerprint density at radius 2 is 2.05 bits per heavy atom. The van der Waals surface area contributed by atoms with Crippen LogP contribution in [0.5, 0.6) is 0 Å². The highest BCUT2D eigenvalue weighted by Gasteiger charge is 2.12. The van der Waals surface area contributed by atoms with E-state index in [0.717, 1.165) is 18.7 Å². The van der Waals surface area contributed by atoms with E-state index in [2.05, 4.69) is 5.32 Å². The number of nitrogens with one attached hydrogen (secondary N) is 1. The van der Waals surface area contributed by atoms with Crippen molar-refractivity contribution in [2.45, 2.75) is 44.8 Å². The van der Waals surface area contributed by atoms with Crippen LogP contribution in [0.4, 0.5) is 4.39 Å². The number of halogens is 2. The maximum Gasteiger partial charge on any atom is 0.142 e. The minimum Gasteiger partial charge on any atom is -0.377 e. The molecule has 1 aromatic rings. The molecule has 2 nitrogen and oxygen atoms in total. The van der Waals surface area contributed by atoms with Gasteiger partial charge in [0.15, 0.2) is 0 Å². The van der Waals surface area contributed by atoms with Crippen LogP contribution in [-0.2, 0) is 11.3 Å². The number of benzene rings is 1. The van der Waals surface area contributed by atoms with E-state index in [-0.39, 0.29) is 10.8 Å². The van der Waals surface area contributed by atoms with Crippen molar-refractivity contribution in [1.29, 1.82) is 0 Å². The van der Waals surface area contributed by atoms with Crippen LogP contribution >= 0.6 is 11.6 Å². The summed E-state index contributed by atoms with van der Waals surface area (Å²) < 4.78 is 19.0. The van der Waals surface area contributed by atoms with Crippen LogP contribution in [0, 0.1) is 5.82 Å². The molecule has 1 N–H and O–H groups in total. The fraction of sp³-hybridized carbons (Fsp3) is 0.600. The van der Waals surface area contributed by atoms with Gasteiger partial charge in [0.1, 0.15) is 5.82 Å². The fourth-order valence-corrected chi connectivity index (χ4v) is 2.53. The Labute approximate surface area is 119 Å². The van der Waals surface area contributed by atoms with Crippen molar-refractivity contribution in [2.24, 2.45) is 0 Å². The molecule has 4 heteroatoms. The van der Waals surface area contributed by atoms with Gasteiger partial charge < -0.3 is 10.1 Å². The van der Waals surface area contributed by atoms with E-state index < -0.39 is 0 Å². The second-order valence-corrected chi connectivity index (χ2v) is 5.46. The molecule has 0 amide bonds. The Kier molecular flexibility index (Phi) is 6.08. The van der Waals surface area contributed by atoms with Crippen molar-refractivity contribution in [3.63, 3.8) is 0 Å². The Bertz CT molecular complexity index is 394. The average molecular weight is 286 g/mol. The number of hydrogen-bond donors (Lipinski definition) is 1. The molecule has 1 saturated carbocycles. The summed E-state index contributed by atoms with van der Waals surface area (Å²) in [5.41, 5.74) is 0.902. The summed E-state index contributed by atoms with van der Waals surface area (Å²) in [6, 6.07) is 4.89. The molecule has 2 rings (SSSR count). The number of ether oxygens (including phenoxy) is 1. The second kappa shape index (κ2) is 7.83. The lowest BCUT2D eigenvalue weighted by Crippen LogP contribution is -2.24. The second-order valence-electron chi connectivity index (χ2n) is 5.06. The largest absolute Gasteiger partial charge is 0.377 e. The summed E-state index contributed by atoms with van der Waals surface area (Å²) in [6.45, 7) is 2.16.